The minimum atomic E-state index is -4.43. The summed E-state index contributed by atoms with van der Waals surface area (Å²) >= 11 is 0. The minimum absolute atomic E-state index is 0.163. The van der Waals surface area contributed by atoms with Crippen LogP contribution in [0.15, 0.2) is 18.2 Å². The number of alkyl halides is 3. The molecule has 0 aliphatic carbocycles. The molecule has 0 aromatic heterocycles. The fourth-order valence-corrected chi connectivity index (χ4v) is 2.32. The number of rotatable bonds is 7. The SMILES string of the molecule is CCOc1ccc(C(F)(F)F)cc1C(C)CC(O)C(O)CC. The van der Waals surface area contributed by atoms with Crippen LogP contribution in [0.5, 0.6) is 5.75 Å². The molecule has 126 valence electrons. The van der Waals surface area contributed by atoms with E-state index in [0.717, 1.165) is 12.1 Å². The first-order valence-electron chi connectivity index (χ1n) is 7.40. The van der Waals surface area contributed by atoms with Crippen molar-refractivity contribution in [2.24, 2.45) is 0 Å². The molecule has 2 N–H and O–H groups in total. The standard InChI is InChI=1S/C16H23F3O3/c1-4-13(20)14(21)8-10(3)12-9-11(16(17,18)19)6-7-15(12)22-5-2/h6-7,9-10,13-14,20-21H,4-5,8H2,1-3H3. The molecular formula is C16H23F3O3. The van der Waals surface area contributed by atoms with E-state index in [1.54, 1.807) is 20.8 Å². The van der Waals surface area contributed by atoms with Crippen LogP contribution in [0.4, 0.5) is 13.2 Å². The Morgan fingerprint density at radius 1 is 1.14 bits per heavy atom. The van der Waals surface area contributed by atoms with E-state index in [1.165, 1.54) is 6.07 Å². The van der Waals surface area contributed by atoms with Crippen molar-refractivity contribution in [3.63, 3.8) is 0 Å². The molecule has 1 aromatic rings. The molecular weight excluding hydrogens is 297 g/mol. The smallest absolute Gasteiger partial charge is 0.416 e. The zero-order valence-electron chi connectivity index (χ0n) is 13.0. The Morgan fingerprint density at radius 2 is 1.77 bits per heavy atom. The second kappa shape index (κ2) is 7.83. The van der Waals surface area contributed by atoms with E-state index < -0.39 is 23.9 Å². The van der Waals surface area contributed by atoms with E-state index in [9.17, 15) is 23.4 Å². The van der Waals surface area contributed by atoms with Crippen molar-refractivity contribution in [1.29, 1.82) is 0 Å². The van der Waals surface area contributed by atoms with Crippen molar-refractivity contribution in [3.05, 3.63) is 29.3 Å². The number of halogens is 3. The maximum absolute atomic E-state index is 12.9. The number of aliphatic hydroxyl groups excluding tert-OH is 2. The third-order valence-electron chi connectivity index (χ3n) is 3.63. The van der Waals surface area contributed by atoms with E-state index in [4.69, 9.17) is 4.74 Å². The highest BCUT2D eigenvalue weighted by Crippen LogP contribution is 2.37. The lowest BCUT2D eigenvalue weighted by molar-refractivity contribution is -0.137. The summed E-state index contributed by atoms with van der Waals surface area (Å²) in [6.07, 6.45) is -5.75. The zero-order valence-corrected chi connectivity index (χ0v) is 13.0. The van der Waals surface area contributed by atoms with Crippen LogP contribution in [0.25, 0.3) is 0 Å². The lowest BCUT2D eigenvalue weighted by Crippen LogP contribution is -2.26. The summed E-state index contributed by atoms with van der Waals surface area (Å²) in [7, 11) is 0. The van der Waals surface area contributed by atoms with Crippen LogP contribution in [-0.4, -0.2) is 29.0 Å². The first-order chi connectivity index (χ1) is 10.2. The normalized spacial score (nSPS) is 16.2. The van der Waals surface area contributed by atoms with Gasteiger partial charge in [-0.05, 0) is 49.4 Å². The molecule has 0 fully saturated rings. The summed E-state index contributed by atoms with van der Waals surface area (Å²) in [4.78, 5) is 0. The molecule has 0 aliphatic heterocycles. The van der Waals surface area contributed by atoms with Crippen LogP contribution in [0.1, 0.15) is 50.7 Å². The van der Waals surface area contributed by atoms with E-state index >= 15 is 0 Å². The molecule has 0 spiro atoms. The van der Waals surface area contributed by atoms with Crippen LogP contribution in [0, 0.1) is 0 Å². The molecule has 6 heteroatoms. The maximum Gasteiger partial charge on any atom is 0.416 e. The lowest BCUT2D eigenvalue weighted by atomic mass is 9.90. The first kappa shape index (κ1) is 18.8. The first-order valence-corrected chi connectivity index (χ1v) is 7.40. The third-order valence-corrected chi connectivity index (χ3v) is 3.63. The van der Waals surface area contributed by atoms with Crippen LogP contribution in [0.2, 0.25) is 0 Å². The Labute approximate surface area is 128 Å². The quantitative estimate of drug-likeness (QED) is 0.805. The average Bonchev–Trinajstić information content (AvgIpc) is 2.45. The van der Waals surface area contributed by atoms with E-state index in [1.807, 2.05) is 0 Å². The summed E-state index contributed by atoms with van der Waals surface area (Å²) in [5, 5.41) is 19.5. The molecule has 0 aliphatic rings. The number of benzene rings is 1. The molecule has 0 saturated carbocycles. The fraction of sp³-hybridized carbons (Fsp3) is 0.625. The summed E-state index contributed by atoms with van der Waals surface area (Å²) < 4.78 is 44.0. The molecule has 3 unspecified atom stereocenters. The molecule has 0 amide bonds. The molecule has 0 radical (unpaired) electrons. The minimum Gasteiger partial charge on any atom is -0.494 e. The van der Waals surface area contributed by atoms with Gasteiger partial charge in [0.1, 0.15) is 5.75 Å². The van der Waals surface area contributed by atoms with Gasteiger partial charge in [0.05, 0.1) is 24.4 Å². The van der Waals surface area contributed by atoms with Gasteiger partial charge in [-0.3, -0.25) is 0 Å². The van der Waals surface area contributed by atoms with Gasteiger partial charge >= 0.3 is 6.18 Å². The summed E-state index contributed by atoms with van der Waals surface area (Å²) in [6, 6.07) is 3.35. The molecule has 0 bridgehead atoms. The van der Waals surface area contributed by atoms with Crippen molar-refractivity contribution < 1.29 is 28.1 Å². The Hall–Kier alpha value is -1.27. The van der Waals surface area contributed by atoms with E-state index in [2.05, 4.69) is 0 Å². The van der Waals surface area contributed by atoms with Gasteiger partial charge in [-0.1, -0.05) is 13.8 Å². The summed E-state index contributed by atoms with van der Waals surface area (Å²) in [5.41, 5.74) is -0.359. The number of hydrogen-bond acceptors (Lipinski definition) is 3. The molecule has 0 heterocycles. The van der Waals surface area contributed by atoms with Gasteiger partial charge in [-0.25, -0.2) is 0 Å². The Balaban J connectivity index is 3.07. The predicted molar refractivity (Wildman–Crippen MR) is 77.9 cm³/mol. The zero-order chi connectivity index (χ0) is 16.9. The van der Waals surface area contributed by atoms with Crippen LogP contribution < -0.4 is 4.74 Å². The Kier molecular flexibility index (Phi) is 6.68. The third kappa shape index (κ3) is 4.88. The van der Waals surface area contributed by atoms with Crippen LogP contribution >= 0.6 is 0 Å². The number of aliphatic hydroxyl groups is 2. The van der Waals surface area contributed by atoms with E-state index in [0.29, 0.717) is 24.3 Å². The highest BCUT2D eigenvalue weighted by molar-refractivity contribution is 5.40. The van der Waals surface area contributed by atoms with E-state index in [-0.39, 0.29) is 12.3 Å². The summed E-state index contributed by atoms with van der Waals surface area (Å²) in [5.74, 6) is 0.00115. The monoisotopic (exact) mass is 320 g/mol. The van der Waals surface area contributed by atoms with Crippen molar-refractivity contribution in [2.45, 2.75) is 57.9 Å². The molecule has 0 saturated heterocycles. The molecule has 3 nitrogen and oxygen atoms in total. The van der Waals surface area contributed by atoms with Gasteiger partial charge < -0.3 is 14.9 Å². The largest absolute Gasteiger partial charge is 0.494 e. The maximum atomic E-state index is 12.9. The molecule has 3 atom stereocenters. The van der Waals surface area contributed by atoms with Gasteiger partial charge in [-0.2, -0.15) is 13.2 Å². The Bertz CT molecular complexity index is 474. The van der Waals surface area contributed by atoms with Gasteiger partial charge in [0.2, 0.25) is 0 Å². The number of hydrogen-bond donors (Lipinski definition) is 2. The highest BCUT2D eigenvalue weighted by atomic mass is 19.4. The fourth-order valence-electron chi connectivity index (χ4n) is 2.32. The van der Waals surface area contributed by atoms with Crippen molar-refractivity contribution in [1.82, 2.24) is 0 Å². The van der Waals surface area contributed by atoms with Crippen molar-refractivity contribution in [3.8, 4) is 5.75 Å². The van der Waals surface area contributed by atoms with Gasteiger partial charge in [0.25, 0.3) is 0 Å². The van der Waals surface area contributed by atoms with Crippen LogP contribution in [-0.2, 0) is 6.18 Å². The Morgan fingerprint density at radius 3 is 2.27 bits per heavy atom. The van der Waals surface area contributed by atoms with Gasteiger partial charge in [0.15, 0.2) is 0 Å². The van der Waals surface area contributed by atoms with Gasteiger partial charge in [0, 0.05) is 0 Å². The lowest BCUT2D eigenvalue weighted by Gasteiger charge is -2.23. The van der Waals surface area contributed by atoms with Gasteiger partial charge in [-0.15, -0.1) is 0 Å². The molecule has 1 aromatic carbocycles. The topological polar surface area (TPSA) is 49.7 Å². The summed E-state index contributed by atoms with van der Waals surface area (Å²) in [6.45, 7) is 5.53. The predicted octanol–water partition coefficient (Wildman–Crippen LogP) is 3.73. The van der Waals surface area contributed by atoms with Crippen molar-refractivity contribution >= 4 is 0 Å². The van der Waals surface area contributed by atoms with Crippen LogP contribution in [0.3, 0.4) is 0 Å². The molecule has 22 heavy (non-hydrogen) atoms. The molecule has 1 rings (SSSR count). The second-order valence-corrected chi connectivity index (χ2v) is 5.36. The second-order valence-electron chi connectivity index (χ2n) is 5.36. The average molecular weight is 320 g/mol. The highest BCUT2D eigenvalue weighted by Gasteiger charge is 2.32. The van der Waals surface area contributed by atoms with Crippen molar-refractivity contribution in [2.75, 3.05) is 6.61 Å². The number of ether oxygens (including phenoxy) is 1.